The number of nitrogens with zero attached hydrogens (tertiary/aromatic N) is 2. The van der Waals surface area contributed by atoms with Gasteiger partial charge in [0.2, 0.25) is 0 Å². The highest BCUT2D eigenvalue weighted by Crippen LogP contribution is 2.25. The van der Waals surface area contributed by atoms with E-state index in [0.29, 0.717) is 0 Å². The van der Waals surface area contributed by atoms with Crippen LogP contribution in [0.5, 0.6) is 5.75 Å². The van der Waals surface area contributed by atoms with E-state index in [4.69, 9.17) is 4.74 Å². The van der Waals surface area contributed by atoms with E-state index in [0.717, 1.165) is 50.2 Å². The lowest BCUT2D eigenvalue weighted by atomic mass is 10.1. The number of fused-ring (bicyclic) bond motifs is 1. The molecule has 23 heavy (non-hydrogen) atoms. The number of benzene rings is 1. The minimum atomic E-state index is 0.732. The summed E-state index contributed by atoms with van der Waals surface area (Å²) in [6, 6.07) is 6.53. The standard InChI is InChI=1S/C18H28N4O/c1-19-18(21-12-15-6-9-22(2)13-15)20-8-5-14-3-4-17-16(11-14)7-10-23-17/h3-4,11,15H,5-10,12-13H2,1-2H3,(H2,19,20,21). The number of nitrogens with one attached hydrogen (secondary N) is 2. The van der Waals surface area contributed by atoms with Crippen LogP contribution in [0.2, 0.25) is 0 Å². The van der Waals surface area contributed by atoms with Crippen molar-refractivity contribution in [3.63, 3.8) is 0 Å². The molecule has 0 radical (unpaired) electrons. The predicted molar refractivity (Wildman–Crippen MR) is 94.3 cm³/mol. The maximum atomic E-state index is 5.55. The molecule has 0 aromatic heterocycles. The van der Waals surface area contributed by atoms with Gasteiger partial charge in [-0.3, -0.25) is 4.99 Å². The van der Waals surface area contributed by atoms with Gasteiger partial charge in [-0.15, -0.1) is 0 Å². The molecule has 5 heteroatoms. The number of hydrogen-bond donors (Lipinski definition) is 2. The van der Waals surface area contributed by atoms with Gasteiger partial charge < -0.3 is 20.3 Å². The average molecular weight is 316 g/mol. The molecule has 0 saturated carbocycles. The van der Waals surface area contributed by atoms with Gasteiger partial charge in [0.05, 0.1) is 6.61 Å². The molecule has 1 unspecified atom stereocenters. The van der Waals surface area contributed by atoms with Crippen molar-refractivity contribution in [2.75, 3.05) is 46.9 Å². The van der Waals surface area contributed by atoms with Gasteiger partial charge in [0.1, 0.15) is 5.75 Å². The summed E-state index contributed by atoms with van der Waals surface area (Å²) in [4.78, 5) is 6.71. The topological polar surface area (TPSA) is 48.9 Å². The summed E-state index contributed by atoms with van der Waals surface area (Å²) >= 11 is 0. The number of hydrogen-bond acceptors (Lipinski definition) is 3. The minimum absolute atomic E-state index is 0.732. The molecule has 0 spiro atoms. The van der Waals surface area contributed by atoms with Crippen molar-refractivity contribution in [1.29, 1.82) is 0 Å². The second-order valence-corrected chi connectivity index (χ2v) is 6.59. The monoisotopic (exact) mass is 316 g/mol. The van der Waals surface area contributed by atoms with E-state index >= 15 is 0 Å². The lowest BCUT2D eigenvalue weighted by Gasteiger charge is -2.15. The zero-order valence-corrected chi connectivity index (χ0v) is 14.3. The van der Waals surface area contributed by atoms with Crippen LogP contribution in [0.25, 0.3) is 0 Å². The van der Waals surface area contributed by atoms with Crippen LogP contribution in [0, 0.1) is 5.92 Å². The molecule has 1 aromatic rings. The first-order valence-corrected chi connectivity index (χ1v) is 8.62. The summed E-state index contributed by atoms with van der Waals surface area (Å²) in [6.07, 6.45) is 3.31. The molecule has 0 bridgehead atoms. The van der Waals surface area contributed by atoms with Crippen molar-refractivity contribution in [2.24, 2.45) is 10.9 Å². The molecular weight excluding hydrogens is 288 g/mol. The average Bonchev–Trinajstić information content (AvgIpc) is 3.18. The van der Waals surface area contributed by atoms with Gasteiger partial charge >= 0.3 is 0 Å². The van der Waals surface area contributed by atoms with Gasteiger partial charge in [-0.2, -0.15) is 0 Å². The molecule has 1 saturated heterocycles. The summed E-state index contributed by atoms with van der Waals surface area (Å²) in [6.45, 7) is 5.11. The van der Waals surface area contributed by atoms with Crippen LogP contribution in [0.1, 0.15) is 17.5 Å². The molecule has 2 aliphatic rings. The third-order valence-corrected chi connectivity index (χ3v) is 4.73. The molecule has 0 amide bonds. The zero-order chi connectivity index (χ0) is 16.1. The van der Waals surface area contributed by atoms with E-state index in [9.17, 15) is 0 Å². The number of ether oxygens (including phenoxy) is 1. The fraction of sp³-hybridized carbons (Fsp3) is 0.611. The van der Waals surface area contributed by atoms with Gasteiger partial charge in [0.15, 0.2) is 5.96 Å². The van der Waals surface area contributed by atoms with E-state index in [1.54, 1.807) is 0 Å². The Morgan fingerprint density at radius 1 is 1.39 bits per heavy atom. The molecule has 2 N–H and O–H groups in total. The lowest BCUT2D eigenvalue weighted by molar-refractivity contribution is 0.357. The first-order valence-electron chi connectivity index (χ1n) is 8.62. The Morgan fingerprint density at radius 3 is 3.09 bits per heavy atom. The Kier molecular flexibility index (Phi) is 5.39. The molecule has 126 valence electrons. The molecule has 1 fully saturated rings. The number of aliphatic imine (C=N–C) groups is 1. The Balaban J connectivity index is 1.40. The third-order valence-electron chi connectivity index (χ3n) is 4.73. The molecule has 0 aliphatic carbocycles. The highest BCUT2D eigenvalue weighted by Gasteiger charge is 2.19. The van der Waals surface area contributed by atoms with Crippen LogP contribution in [-0.4, -0.2) is 57.7 Å². The van der Waals surface area contributed by atoms with E-state index in [1.807, 2.05) is 7.05 Å². The van der Waals surface area contributed by atoms with Crippen molar-refractivity contribution >= 4 is 5.96 Å². The van der Waals surface area contributed by atoms with Crippen molar-refractivity contribution in [3.8, 4) is 5.75 Å². The number of guanidine groups is 1. The Morgan fingerprint density at radius 2 is 2.30 bits per heavy atom. The van der Waals surface area contributed by atoms with E-state index in [2.05, 4.69) is 45.8 Å². The maximum Gasteiger partial charge on any atom is 0.190 e. The second kappa shape index (κ2) is 7.68. The molecule has 1 aromatic carbocycles. The van der Waals surface area contributed by atoms with Crippen LogP contribution >= 0.6 is 0 Å². The Hall–Kier alpha value is -1.75. The largest absolute Gasteiger partial charge is 0.493 e. The van der Waals surface area contributed by atoms with Crippen molar-refractivity contribution < 1.29 is 4.74 Å². The van der Waals surface area contributed by atoms with Crippen LogP contribution in [-0.2, 0) is 12.8 Å². The summed E-state index contributed by atoms with van der Waals surface area (Å²) in [5.74, 6) is 2.69. The lowest BCUT2D eigenvalue weighted by Crippen LogP contribution is -2.41. The summed E-state index contributed by atoms with van der Waals surface area (Å²) in [7, 11) is 4.03. The second-order valence-electron chi connectivity index (χ2n) is 6.59. The van der Waals surface area contributed by atoms with Crippen molar-refractivity contribution in [2.45, 2.75) is 19.3 Å². The first-order chi connectivity index (χ1) is 11.2. The quantitative estimate of drug-likeness (QED) is 0.635. The number of likely N-dealkylation sites (tertiary alicyclic amines) is 1. The normalized spacial score (nSPS) is 21.1. The van der Waals surface area contributed by atoms with Gasteiger partial charge in [0.25, 0.3) is 0 Å². The van der Waals surface area contributed by atoms with Gasteiger partial charge in [0, 0.05) is 33.1 Å². The molecule has 2 aliphatic heterocycles. The molecule has 3 rings (SSSR count). The van der Waals surface area contributed by atoms with Gasteiger partial charge in [-0.05, 0) is 49.5 Å². The zero-order valence-electron chi connectivity index (χ0n) is 14.3. The summed E-state index contributed by atoms with van der Waals surface area (Å²) < 4.78 is 5.55. The molecule has 2 heterocycles. The fourth-order valence-corrected chi connectivity index (χ4v) is 3.38. The van der Waals surface area contributed by atoms with Gasteiger partial charge in [-0.1, -0.05) is 12.1 Å². The van der Waals surface area contributed by atoms with Gasteiger partial charge in [-0.25, -0.2) is 0 Å². The van der Waals surface area contributed by atoms with Crippen LogP contribution in [0.3, 0.4) is 0 Å². The number of rotatable bonds is 5. The SMILES string of the molecule is CN=C(NCCc1ccc2c(c1)CCO2)NCC1CCN(C)C1. The Labute approximate surface area is 139 Å². The van der Waals surface area contributed by atoms with E-state index < -0.39 is 0 Å². The third kappa shape index (κ3) is 4.38. The fourth-order valence-electron chi connectivity index (χ4n) is 3.38. The first kappa shape index (κ1) is 16.1. The maximum absolute atomic E-state index is 5.55. The van der Waals surface area contributed by atoms with Crippen molar-refractivity contribution in [3.05, 3.63) is 29.3 Å². The summed E-state index contributed by atoms with van der Waals surface area (Å²) in [5, 5.41) is 6.87. The van der Waals surface area contributed by atoms with E-state index in [-0.39, 0.29) is 0 Å². The highest BCUT2D eigenvalue weighted by molar-refractivity contribution is 5.79. The summed E-state index contributed by atoms with van der Waals surface area (Å²) in [5.41, 5.74) is 2.70. The predicted octanol–water partition coefficient (Wildman–Crippen LogP) is 1.28. The van der Waals surface area contributed by atoms with E-state index in [1.165, 1.54) is 30.6 Å². The highest BCUT2D eigenvalue weighted by atomic mass is 16.5. The molecular formula is C18H28N4O. The minimum Gasteiger partial charge on any atom is -0.493 e. The van der Waals surface area contributed by atoms with Crippen LogP contribution < -0.4 is 15.4 Å². The molecule has 1 atom stereocenters. The van der Waals surface area contributed by atoms with Crippen LogP contribution in [0.4, 0.5) is 0 Å². The molecule has 5 nitrogen and oxygen atoms in total. The van der Waals surface area contributed by atoms with Crippen molar-refractivity contribution in [1.82, 2.24) is 15.5 Å². The van der Waals surface area contributed by atoms with Crippen LogP contribution in [0.15, 0.2) is 23.2 Å². The smallest absolute Gasteiger partial charge is 0.190 e. The Bertz CT molecular complexity index is 558.